The molecule has 0 radical (unpaired) electrons. The lowest BCUT2D eigenvalue weighted by Crippen LogP contribution is -2.41. The van der Waals surface area contributed by atoms with Crippen molar-refractivity contribution in [3.8, 4) is 11.8 Å². The molecule has 1 fully saturated rings. The molecule has 172 valence electrons. The number of anilines is 2. The summed E-state index contributed by atoms with van der Waals surface area (Å²) >= 11 is 0. The Bertz CT molecular complexity index is 1150. The molecule has 3 N–H and O–H groups in total. The van der Waals surface area contributed by atoms with Gasteiger partial charge in [-0.3, -0.25) is 0 Å². The van der Waals surface area contributed by atoms with Gasteiger partial charge >= 0.3 is 0 Å². The first-order valence-electron chi connectivity index (χ1n) is 11.2. The van der Waals surface area contributed by atoms with Gasteiger partial charge < -0.3 is 15.7 Å². The first kappa shape index (κ1) is 22.6. The van der Waals surface area contributed by atoms with Crippen LogP contribution >= 0.6 is 0 Å². The quantitative estimate of drug-likeness (QED) is 0.499. The highest BCUT2D eigenvalue weighted by atomic mass is 16.3. The minimum atomic E-state index is -0.308. The maximum absolute atomic E-state index is 10.2. The lowest BCUT2D eigenvalue weighted by molar-refractivity contribution is 0.00926. The van der Waals surface area contributed by atoms with Crippen molar-refractivity contribution in [3.05, 3.63) is 47.4 Å². The molecule has 1 aromatic carbocycles. The second-order valence-electron chi connectivity index (χ2n) is 9.18. The molecular weight excluding hydrogens is 418 g/mol. The number of nitriles is 1. The fraction of sp³-hybridized carbons (Fsp3) is 0.478. The molecular formula is C23H29N9O. The van der Waals surface area contributed by atoms with Crippen LogP contribution in [0.15, 0.2) is 30.5 Å². The maximum atomic E-state index is 10.2. The number of tetrazole rings is 1. The molecule has 3 aromatic rings. The van der Waals surface area contributed by atoms with Crippen LogP contribution in [-0.2, 0) is 6.42 Å². The van der Waals surface area contributed by atoms with Crippen LogP contribution in [0.5, 0.6) is 0 Å². The van der Waals surface area contributed by atoms with Crippen LogP contribution in [0.4, 0.5) is 11.8 Å². The number of hydrogen-bond acceptors (Lipinski definition) is 9. The molecule has 1 aliphatic rings. The Labute approximate surface area is 193 Å². The summed E-state index contributed by atoms with van der Waals surface area (Å²) in [4.78, 5) is 8.85. The summed E-state index contributed by atoms with van der Waals surface area (Å²) in [5.41, 5.74) is 2.28. The minimum absolute atomic E-state index is 0.149. The van der Waals surface area contributed by atoms with Crippen molar-refractivity contribution in [3.63, 3.8) is 0 Å². The van der Waals surface area contributed by atoms with Gasteiger partial charge in [0.15, 0.2) is 5.82 Å². The van der Waals surface area contributed by atoms with E-state index in [1.54, 1.807) is 10.9 Å². The second-order valence-corrected chi connectivity index (χ2v) is 9.18. The van der Waals surface area contributed by atoms with Gasteiger partial charge in [0.25, 0.3) is 0 Å². The molecule has 10 heteroatoms. The van der Waals surface area contributed by atoms with Gasteiger partial charge in [-0.1, -0.05) is 26.0 Å². The molecule has 0 spiro atoms. The number of aliphatic hydroxyl groups excluding tert-OH is 1. The molecule has 0 aliphatic heterocycles. The van der Waals surface area contributed by atoms with E-state index in [9.17, 15) is 10.4 Å². The number of nitrogens with zero attached hydrogens (tertiary/aromatic N) is 7. The highest BCUT2D eigenvalue weighted by Gasteiger charge is 2.35. The number of nitrogens with one attached hydrogen (secondary N) is 2. The summed E-state index contributed by atoms with van der Waals surface area (Å²) in [6, 6.07) is 10.4. The number of aryl methyl sites for hydroxylation is 1. The van der Waals surface area contributed by atoms with Crippen molar-refractivity contribution < 1.29 is 5.11 Å². The van der Waals surface area contributed by atoms with Gasteiger partial charge in [0.1, 0.15) is 17.5 Å². The van der Waals surface area contributed by atoms with Gasteiger partial charge in [-0.15, -0.1) is 5.10 Å². The smallest absolute Gasteiger partial charge is 0.224 e. The van der Waals surface area contributed by atoms with Crippen molar-refractivity contribution in [2.45, 2.75) is 58.6 Å². The average molecular weight is 448 g/mol. The molecule has 2 atom stereocenters. The number of aromatic nitrogens is 6. The Morgan fingerprint density at radius 2 is 2.15 bits per heavy atom. The monoisotopic (exact) mass is 447 g/mol. The van der Waals surface area contributed by atoms with E-state index in [1.165, 1.54) is 0 Å². The number of benzene rings is 1. The van der Waals surface area contributed by atoms with E-state index in [0.29, 0.717) is 23.9 Å². The minimum Gasteiger partial charge on any atom is -0.393 e. The third-order valence-electron chi connectivity index (χ3n) is 6.19. The third kappa shape index (κ3) is 5.26. The van der Waals surface area contributed by atoms with E-state index in [0.717, 1.165) is 42.8 Å². The Balaban J connectivity index is 1.39. The fourth-order valence-electron chi connectivity index (χ4n) is 4.23. The molecule has 0 bridgehead atoms. The molecule has 2 heterocycles. The normalized spacial score (nSPS) is 19.6. The van der Waals surface area contributed by atoms with E-state index in [1.807, 2.05) is 19.1 Å². The molecule has 0 amide bonds. The van der Waals surface area contributed by atoms with Crippen molar-refractivity contribution in [1.29, 1.82) is 5.26 Å². The second kappa shape index (κ2) is 9.50. The predicted octanol–water partition coefficient (Wildman–Crippen LogP) is 2.64. The van der Waals surface area contributed by atoms with Crippen LogP contribution in [0.25, 0.3) is 5.69 Å². The molecule has 4 rings (SSSR count). The summed E-state index contributed by atoms with van der Waals surface area (Å²) in [5, 5.41) is 38.0. The lowest BCUT2D eigenvalue weighted by atomic mass is 9.73. The SMILES string of the molecule is Cc1nnnn1-c1cccc(CCNc2ncc(C#N)c(NC3CCC(O)C(C)(C)C3)n2)c1. The number of hydrogen-bond donors (Lipinski definition) is 3. The van der Waals surface area contributed by atoms with Crippen molar-refractivity contribution in [2.75, 3.05) is 17.2 Å². The average Bonchev–Trinajstić information content (AvgIpc) is 3.22. The standard InChI is InChI=1S/C23H29N9O/c1-15-29-30-31-32(15)19-6-4-5-16(11-19)9-10-25-22-26-14-17(13-24)21(28-22)27-18-7-8-20(33)23(2,3)12-18/h4-6,11,14,18,20,33H,7-10,12H2,1-3H3,(H2,25,26,27,28). The van der Waals surface area contributed by atoms with Crippen molar-refractivity contribution >= 4 is 11.8 Å². The van der Waals surface area contributed by atoms with Crippen LogP contribution in [0.1, 0.15) is 50.1 Å². The van der Waals surface area contributed by atoms with Gasteiger partial charge in [0.2, 0.25) is 5.95 Å². The summed E-state index contributed by atoms with van der Waals surface area (Å²) in [6.07, 6.45) is 4.36. The predicted molar refractivity (Wildman–Crippen MR) is 124 cm³/mol. The van der Waals surface area contributed by atoms with Crippen LogP contribution in [0, 0.1) is 23.7 Å². The van der Waals surface area contributed by atoms with E-state index in [4.69, 9.17) is 0 Å². The van der Waals surface area contributed by atoms with Crippen LogP contribution in [-0.4, -0.2) is 54.0 Å². The Morgan fingerprint density at radius 1 is 1.30 bits per heavy atom. The zero-order chi connectivity index (χ0) is 23.4. The zero-order valence-electron chi connectivity index (χ0n) is 19.2. The molecule has 10 nitrogen and oxygen atoms in total. The lowest BCUT2D eigenvalue weighted by Gasteiger charge is -2.40. The van der Waals surface area contributed by atoms with E-state index in [2.05, 4.69) is 68.2 Å². The summed E-state index contributed by atoms with van der Waals surface area (Å²) in [7, 11) is 0. The highest BCUT2D eigenvalue weighted by molar-refractivity contribution is 5.54. The molecule has 2 unspecified atom stereocenters. The Kier molecular flexibility index (Phi) is 6.51. The molecule has 33 heavy (non-hydrogen) atoms. The van der Waals surface area contributed by atoms with Gasteiger partial charge in [-0.05, 0) is 66.1 Å². The number of rotatable bonds is 7. The zero-order valence-corrected chi connectivity index (χ0v) is 19.2. The summed E-state index contributed by atoms with van der Waals surface area (Å²) in [5.74, 6) is 1.73. The van der Waals surface area contributed by atoms with Crippen LogP contribution in [0.2, 0.25) is 0 Å². The fourth-order valence-corrected chi connectivity index (χ4v) is 4.23. The molecule has 1 saturated carbocycles. The van der Waals surface area contributed by atoms with Crippen molar-refractivity contribution in [2.24, 2.45) is 5.41 Å². The topological polar surface area (TPSA) is 137 Å². The molecule has 0 saturated heterocycles. The Morgan fingerprint density at radius 3 is 2.88 bits per heavy atom. The van der Waals surface area contributed by atoms with Gasteiger partial charge in [-0.25, -0.2) is 4.98 Å². The highest BCUT2D eigenvalue weighted by Crippen LogP contribution is 2.36. The maximum Gasteiger partial charge on any atom is 0.224 e. The van der Waals surface area contributed by atoms with Crippen molar-refractivity contribution in [1.82, 2.24) is 30.2 Å². The molecule has 2 aromatic heterocycles. The first-order valence-corrected chi connectivity index (χ1v) is 11.2. The Hall–Kier alpha value is -3.58. The third-order valence-corrected chi connectivity index (χ3v) is 6.19. The van der Waals surface area contributed by atoms with E-state index >= 15 is 0 Å². The van der Waals surface area contributed by atoms with Gasteiger partial charge in [0, 0.05) is 12.6 Å². The van der Waals surface area contributed by atoms with Gasteiger partial charge in [-0.2, -0.15) is 14.9 Å². The number of aliphatic hydroxyl groups is 1. The molecule has 1 aliphatic carbocycles. The van der Waals surface area contributed by atoms with Crippen LogP contribution < -0.4 is 10.6 Å². The van der Waals surface area contributed by atoms with Gasteiger partial charge in [0.05, 0.1) is 18.0 Å². The van der Waals surface area contributed by atoms with E-state index < -0.39 is 0 Å². The largest absolute Gasteiger partial charge is 0.393 e. The summed E-state index contributed by atoms with van der Waals surface area (Å²) < 4.78 is 1.70. The summed E-state index contributed by atoms with van der Waals surface area (Å²) in [6.45, 7) is 6.63. The van der Waals surface area contributed by atoms with Crippen LogP contribution in [0.3, 0.4) is 0 Å². The van der Waals surface area contributed by atoms with E-state index in [-0.39, 0.29) is 17.6 Å². The first-order chi connectivity index (χ1) is 15.9.